The summed E-state index contributed by atoms with van der Waals surface area (Å²) in [5, 5.41) is 1.06. The number of nitrogens with zero attached hydrogens (tertiary/aromatic N) is 1. The molecule has 0 aliphatic rings. The van der Waals surface area contributed by atoms with Gasteiger partial charge >= 0.3 is 0 Å². The van der Waals surface area contributed by atoms with Gasteiger partial charge in [-0.3, -0.25) is 4.98 Å². The Labute approximate surface area is 130 Å². The first-order chi connectivity index (χ1) is 9.28. The zero-order valence-electron chi connectivity index (χ0n) is 11.7. The van der Waals surface area contributed by atoms with Crippen LogP contribution in [0.1, 0.15) is 17.7 Å². The summed E-state index contributed by atoms with van der Waals surface area (Å²) in [6, 6.07) is 7.98. The Hall–Kier alpha value is -1.03. The number of fused-ring (bicyclic) bond motifs is 1. The molecule has 0 amide bonds. The first-order valence-corrected chi connectivity index (χ1v) is 6.83. The van der Waals surface area contributed by atoms with E-state index >= 15 is 0 Å². The third kappa shape index (κ3) is 3.98. The Morgan fingerprint density at radius 3 is 2.65 bits per heavy atom. The molecule has 0 fully saturated rings. The zero-order chi connectivity index (χ0) is 13.7. The van der Waals surface area contributed by atoms with Crippen molar-refractivity contribution in [3.63, 3.8) is 0 Å². The second-order valence-corrected chi connectivity index (χ2v) is 4.65. The molecule has 1 aromatic heterocycles. The van der Waals surface area contributed by atoms with Gasteiger partial charge in [-0.25, -0.2) is 0 Å². The van der Waals surface area contributed by atoms with E-state index in [0.29, 0.717) is 5.88 Å². The minimum atomic E-state index is 0. The first-order valence-electron chi connectivity index (χ1n) is 6.30. The van der Waals surface area contributed by atoms with Crippen LogP contribution in [0.25, 0.3) is 10.9 Å². The molecule has 0 N–H and O–H groups in total. The number of hydrogen-bond acceptors (Lipinski definition) is 3. The van der Waals surface area contributed by atoms with Crippen molar-refractivity contribution < 1.29 is 9.47 Å². The van der Waals surface area contributed by atoms with Crippen molar-refractivity contribution in [2.75, 3.05) is 20.8 Å². The quantitative estimate of drug-likeness (QED) is 0.596. The van der Waals surface area contributed by atoms with Crippen molar-refractivity contribution in [3.05, 3.63) is 35.5 Å². The van der Waals surface area contributed by atoms with Gasteiger partial charge in [-0.05, 0) is 42.7 Å². The highest BCUT2D eigenvalue weighted by Crippen LogP contribution is 2.23. The van der Waals surface area contributed by atoms with Gasteiger partial charge in [0.25, 0.3) is 0 Å². The van der Waals surface area contributed by atoms with Crippen LogP contribution in [0.4, 0.5) is 0 Å². The lowest BCUT2D eigenvalue weighted by atomic mass is 10.1. The predicted octanol–water partition coefficient (Wildman–Crippen LogP) is 3.98. The lowest BCUT2D eigenvalue weighted by molar-refractivity contribution is 0.195. The smallest absolute Gasteiger partial charge is 0.119 e. The van der Waals surface area contributed by atoms with Crippen LogP contribution >= 0.6 is 24.0 Å². The van der Waals surface area contributed by atoms with E-state index in [1.807, 2.05) is 18.2 Å². The van der Waals surface area contributed by atoms with Crippen molar-refractivity contribution in [2.45, 2.75) is 18.7 Å². The minimum Gasteiger partial charge on any atom is -0.497 e. The van der Waals surface area contributed by atoms with Crippen molar-refractivity contribution >= 4 is 34.9 Å². The molecule has 0 radical (unpaired) electrons. The SMILES string of the molecule is COCCCc1nc2ccc(OC)cc2cc1CCl.Cl. The molecule has 0 bridgehead atoms. The maximum Gasteiger partial charge on any atom is 0.119 e. The van der Waals surface area contributed by atoms with Crippen LogP contribution in [0.2, 0.25) is 0 Å². The van der Waals surface area contributed by atoms with Gasteiger partial charge in [0.05, 0.1) is 12.6 Å². The van der Waals surface area contributed by atoms with Crippen molar-refractivity contribution in [1.82, 2.24) is 4.98 Å². The number of alkyl halides is 1. The average molecular weight is 316 g/mol. The van der Waals surface area contributed by atoms with E-state index in [2.05, 4.69) is 6.07 Å². The topological polar surface area (TPSA) is 31.4 Å². The molecular formula is C15H19Cl2NO2. The molecule has 3 nitrogen and oxygen atoms in total. The van der Waals surface area contributed by atoms with Crippen LogP contribution in [-0.2, 0) is 17.0 Å². The summed E-state index contributed by atoms with van der Waals surface area (Å²) < 4.78 is 10.3. The number of aryl methyl sites for hydroxylation is 1. The van der Waals surface area contributed by atoms with Gasteiger partial charge in [-0.1, -0.05) is 0 Å². The number of benzene rings is 1. The third-order valence-corrected chi connectivity index (χ3v) is 3.38. The number of ether oxygens (including phenoxy) is 2. The third-order valence-electron chi connectivity index (χ3n) is 3.10. The summed E-state index contributed by atoms with van der Waals surface area (Å²) in [4.78, 5) is 4.70. The van der Waals surface area contributed by atoms with Crippen LogP contribution < -0.4 is 4.74 Å². The highest BCUT2D eigenvalue weighted by molar-refractivity contribution is 6.17. The molecule has 1 heterocycles. The fourth-order valence-corrected chi connectivity index (χ4v) is 2.31. The Morgan fingerprint density at radius 2 is 2.00 bits per heavy atom. The fraction of sp³-hybridized carbons (Fsp3) is 0.400. The van der Waals surface area contributed by atoms with Gasteiger partial charge in [0.1, 0.15) is 5.75 Å². The number of aromatic nitrogens is 1. The van der Waals surface area contributed by atoms with E-state index in [4.69, 9.17) is 26.1 Å². The summed E-state index contributed by atoms with van der Waals surface area (Å²) in [7, 11) is 3.37. The average Bonchev–Trinajstić information content (AvgIpc) is 2.46. The van der Waals surface area contributed by atoms with E-state index in [1.165, 1.54) is 0 Å². The molecule has 0 unspecified atom stereocenters. The van der Waals surface area contributed by atoms with E-state index in [0.717, 1.165) is 47.4 Å². The summed E-state index contributed by atoms with van der Waals surface area (Å²) >= 11 is 6.02. The van der Waals surface area contributed by atoms with Gasteiger partial charge in [-0.2, -0.15) is 0 Å². The molecule has 0 saturated carbocycles. The van der Waals surface area contributed by atoms with Crippen molar-refractivity contribution in [2.24, 2.45) is 0 Å². The molecule has 0 spiro atoms. The first kappa shape index (κ1) is 17.0. The van der Waals surface area contributed by atoms with E-state index in [9.17, 15) is 0 Å². The highest BCUT2D eigenvalue weighted by Gasteiger charge is 2.07. The summed E-state index contributed by atoms with van der Waals surface area (Å²) in [6.45, 7) is 0.740. The fourth-order valence-electron chi connectivity index (χ4n) is 2.08. The Balaban J connectivity index is 0.00000200. The largest absolute Gasteiger partial charge is 0.497 e. The van der Waals surface area contributed by atoms with Crippen LogP contribution in [0.15, 0.2) is 24.3 Å². The van der Waals surface area contributed by atoms with Gasteiger partial charge in [-0.15, -0.1) is 24.0 Å². The second kappa shape index (κ2) is 8.30. The van der Waals surface area contributed by atoms with Gasteiger partial charge in [0, 0.05) is 30.7 Å². The van der Waals surface area contributed by atoms with Crippen LogP contribution in [0, 0.1) is 0 Å². The lowest BCUT2D eigenvalue weighted by Gasteiger charge is -2.09. The minimum absolute atomic E-state index is 0. The van der Waals surface area contributed by atoms with Crippen molar-refractivity contribution in [1.29, 1.82) is 0 Å². The summed E-state index contributed by atoms with van der Waals surface area (Å²) in [5.74, 6) is 1.31. The summed E-state index contributed by atoms with van der Waals surface area (Å²) in [5.41, 5.74) is 3.12. The Kier molecular flexibility index (Phi) is 7.06. The Bertz CT molecular complexity index is 561. The number of pyridine rings is 1. The normalized spacial score (nSPS) is 10.3. The van der Waals surface area contributed by atoms with Crippen LogP contribution in [0.3, 0.4) is 0 Å². The summed E-state index contributed by atoms with van der Waals surface area (Å²) in [6.07, 6.45) is 1.84. The molecule has 0 saturated heterocycles. The van der Waals surface area contributed by atoms with E-state index in [-0.39, 0.29) is 12.4 Å². The molecule has 2 aromatic rings. The zero-order valence-corrected chi connectivity index (χ0v) is 13.3. The maximum absolute atomic E-state index is 6.02. The highest BCUT2D eigenvalue weighted by atomic mass is 35.5. The Morgan fingerprint density at radius 1 is 1.20 bits per heavy atom. The van der Waals surface area contributed by atoms with Crippen LogP contribution in [0.5, 0.6) is 5.75 Å². The standard InChI is InChI=1S/C15H18ClNO2.ClH/c1-18-7-3-4-14-12(10-16)8-11-9-13(19-2)5-6-15(11)17-14;/h5-6,8-9H,3-4,7,10H2,1-2H3;1H. The predicted molar refractivity (Wildman–Crippen MR) is 85.3 cm³/mol. The molecule has 0 atom stereocenters. The molecule has 2 rings (SSSR count). The van der Waals surface area contributed by atoms with E-state index < -0.39 is 0 Å². The van der Waals surface area contributed by atoms with Gasteiger partial charge in [0.2, 0.25) is 0 Å². The monoisotopic (exact) mass is 315 g/mol. The maximum atomic E-state index is 6.02. The molecule has 20 heavy (non-hydrogen) atoms. The molecular weight excluding hydrogens is 297 g/mol. The number of hydrogen-bond donors (Lipinski definition) is 0. The van der Waals surface area contributed by atoms with Crippen LogP contribution in [-0.4, -0.2) is 25.8 Å². The number of rotatable bonds is 6. The molecule has 1 aromatic carbocycles. The van der Waals surface area contributed by atoms with Gasteiger partial charge < -0.3 is 9.47 Å². The van der Waals surface area contributed by atoms with E-state index in [1.54, 1.807) is 14.2 Å². The molecule has 5 heteroatoms. The number of methoxy groups -OCH3 is 2. The molecule has 0 aliphatic carbocycles. The molecule has 0 aliphatic heterocycles. The lowest BCUT2D eigenvalue weighted by Crippen LogP contribution is -2.00. The number of halogens is 2. The molecule has 110 valence electrons. The van der Waals surface area contributed by atoms with Crippen molar-refractivity contribution in [3.8, 4) is 5.75 Å². The second-order valence-electron chi connectivity index (χ2n) is 4.38. The van der Waals surface area contributed by atoms with Gasteiger partial charge in [0.15, 0.2) is 0 Å².